The van der Waals surface area contributed by atoms with Gasteiger partial charge in [-0.05, 0) is 43.0 Å². The van der Waals surface area contributed by atoms with Gasteiger partial charge in [0.1, 0.15) is 0 Å². The van der Waals surface area contributed by atoms with Gasteiger partial charge in [-0.1, -0.05) is 12.1 Å². The highest BCUT2D eigenvalue weighted by atomic mass is 16.2. The van der Waals surface area contributed by atoms with Gasteiger partial charge in [0.15, 0.2) is 0 Å². The Bertz CT molecular complexity index is 494. The van der Waals surface area contributed by atoms with E-state index in [4.69, 9.17) is 0 Å². The maximum atomic E-state index is 11.3. The predicted molar refractivity (Wildman–Crippen MR) is 64.5 cm³/mol. The van der Waals surface area contributed by atoms with Crippen LogP contribution in [0, 0.1) is 20.8 Å². The smallest absolute Gasteiger partial charge is 0.309 e. The van der Waals surface area contributed by atoms with Crippen molar-refractivity contribution in [3.63, 3.8) is 0 Å². The van der Waals surface area contributed by atoms with Crippen LogP contribution in [0.1, 0.15) is 28.3 Å². The minimum absolute atomic E-state index is 0.125. The first kappa shape index (κ1) is 11.6. The number of piperazine rings is 1. The molecule has 1 saturated heterocycles. The van der Waals surface area contributed by atoms with Gasteiger partial charge in [-0.3, -0.25) is 9.59 Å². The maximum absolute atomic E-state index is 11.3. The molecule has 1 unspecified atom stereocenters. The molecule has 4 nitrogen and oxygen atoms in total. The summed E-state index contributed by atoms with van der Waals surface area (Å²) in [6.45, 7) is 6.58. The van der Waals surface area contributed by atoms with Gasteiger partial charge in [0.05, 0.1) is 6.04 Å². The fourth-order valence-corrected chi connectivity index (χ4v) is 2.10. The number of aryl methyl sites for hydroxylation is 3. The Balaban J connectivity index is 2.32. The zero-order chi connectivity index (χ0) is 12.6. The van der Waals surface area contributed by atoms with Gasteiger partial charge < -0.3 is 10.6 Å². The van der Waals surface area contributed by atoms with Crippen LogP contribution in [0.3, 0.4) is 0 Å². The monoisotopic (exact) mass is 232 g/mol. The fraction of sp³-hybridized carbons (Fsp3) is 0.385. The lowest BCUT2D eigenvalue weighted by atomic mass is 9.95. The standard InChI is InChI=1S/C13H16N2O2/c1-7-4-9(3)10(5-8(7)2)11-6-14-12(16)13(17)15-11/h4-5,11H,6H2,1-3H3,(H,14,16)(H,15,17). The molecular weight excluding hydrogens is 216 g/mol. The second-order valence-electron chi connectivity index (χ2n) is 4.53. The molecule has 0 aromatic heterocycles. The van der Waals surface area contributed by atoms with E-state index in [0.29, 0.717) is 6.54 Å². The number of amides is 2. The predicted octanol–water partition coefficient (Wildman–Crippen LogP) is 0.899. The topological polar surface area (TPSA) is 58.2 Å². The normalized spacial score (nSPS) is 19.8. The summed E-state index contributed by atoms with van der Waals surface area (Å²) in [5.74, 6) is -1.11. The van der Waals surface area contributed by atoms with Crippen LogP contribution in [0.5, 0.6) is 0 Å². The van der Waals surface area contributed by atoms with Crippen LogP contribution in [0.4, 0.5) is 0 Å². The fourth-order valence-electron chi connectivity index (χ4n) is 2.10. The van der Waals surface area contributed by atoms with Gasteiger partial charge in [-0.25, -0.2) is 0 Å². The number of rotatable bonds is 1. The van der Waals surface area contributed by atoms with E-state index in [-0.39, 0.29) is 6.04 Å². The molecular formula is C13H16N2O2. The van der Waals surface area contributed by atoms with E-state index in [1.807, 2.05) is 13.8 Å². The van der Waals surface area contributed by atoms with Crippen molar-refractivity contribution in [3.8, 4) is 0 Å². The van der Waals surface area contributed by atoms with E-state index < -0.39 is 11.8 Å². The van der Waals surface area contributed by atoms with Crippen molar-refractivity contribution >= 4 is 11.8 Å². The maximum Gasteiger partial charge on any atom is 0.309 e. The summed E-state index contributed by atoms with van der Waals surface area (Å²) in [7, 11) is 0. The Morgan fingerprint density at radius 2 is 1.65 bits per heavy atom. The third-order valence-corrected chi connectivity index (χ3v) is 3.24. The van der Waals surface area contributed by atoms with Gasteiger partial charge in [0.25, 0.3) is 0 Å². The Hall–Kier alpha value is -1.84. The van der Waals surface area contributed by atoms with E-state index in [2.05, 4.69) is 29.7 Å². The van der Waals surface area contributed by atoms with Crippen LogP contribution >= 0.6 is 0 Å². The van der Waals surface area contributed by atoms with E-state index in [1.54, 1.807) is 0 Å². The van der Waals surface area contributed by atoms with E-state index in [9.17, 15) is 9.59 Å². The van der Waals surface area contributed by atoms with Crippen LogP contribution in [0.15, 0.2) is 12.1 Å². The van der Waals surface area contributed by atoms with Crippen molar-refractivity contribution in [1.29, 1.82) is 0 Å². The number of hydrogen-bond acceptors (Lipinski definition) is 2. The molecule has 0 saturated carbocycles. The number of carbonyl (C=O) groups excluding carboxylic acids is 2. The molecule has 1 heterocycles. The Kier molecular flexibility index (Phi) is 2.88. The Morgan fingerprint density at radius 3 is 2.29 bits per heavy atom. The molecule has 1 fully saturated rings. The van der Waals surface area contributed by atoms with Crippen LogP contribution < -0.4 is 10.6 Å². The summed E-state index contributed by atoms with van der Waals surface area (Å²) < 4.78 is 0. The lowest BCUT2D eigenvalue weighted by Crippen LogP contribution is -2.51. The highest BCUT2D eigenvalue weighted by molar-refractivity contribution is 6.35. The summed E-state index contributed by atoms with van der Waals surface area (Å²) >= 11 is 0. The van der Waals surface area contributed by atoms with Gasteiger partial charge in [-0.2, -0.15) is 0 Å². The largest absolute Gasteiger partial charge is 0.345 e. The van der Waals surface area contributed by atoms with Crippen molar-refractivity contribution in [1.82, 2.24) is 10.6 Å². The van der Waals surface area contributed by atoms with Gasteiger partial charge in [-0.15, -0.1) is 0 Å². The summed E-state index contributed by atoms with van der Waals surface area (Å²) in [6.07, 6.45) is 0. The molecule has 4 heteroatoms. The molecule has 2 rings (SSSR count). The Labute approximate surface area is 100 Å². The zero-order valence-corrected chi connectivity index (χ0v) is 10.3. The lowest BCUT2D eigenvalue weighted by molar-refractivity contribution is -0.141. The molecule has 90 valence electrons. The summed E-state index contributed by atoms with van der Waals surface area (Å²) in [5, 5.41) is 5.31. The number of carbonyl (C=O) groups is 2. The van der Waals surface area contributed by atoms with E-state index in [0.717, 1.165) is 11.1 Å². The highest BCUT2D eigenvalue weighted by Gasteiger charge is 2.26. The van der Waals surface area contributed by atoms with Crippen molar-refractivity contribution in [2.45, 2.75) is 26.8 Å². The highest BCUT2D eigenvalue weighted by Crippen LogP contribution is 2.22. The molecule has 0 aliphatic carbocycles. The SMILES string of the molecule is Cc1cc(C)c(C2CNC(=O)C(=O)N2)cc1C. The Morgan fingerprint density at radius 1 is 1.00 bits per heavy atom. The van der Waals surface area contributed by atoms with Crippen LogP contribution in [0.2, 0.25) is 0 Å². The van der Waals surface area contributed by atoms with Crippen molar-refractivity contribution in [3.05, 3.63) is 34.4 Å². The second-order valence-corrected chi connectivity index (χ2v) is 4.53. The lowest BCUT2D eigenvalue weighted by Gasteiger charge is -2.26. The third-order valence-electron chi connectivity index (χ3n) is 3.24. The van der Waals surface area contributed by atoms with Crippen molar-refractivity contribution < 1.29 is 9.59 Å². The molecule has 2 amide bonds. The summed E-state index contributed by atoms with van der Waals surface area (Å²) in [6, 6.07) is 4.06. The molecule has 1 aliphatic rings. The summed E-state index contributed by atoms with van der Waals surface area (Å²) in [5.41, 5.74) is 4.63. The number of benzene rings is 1. The minimum Gasteiger partial charge on any atom is -0.345 e. The molecule has 1 atom stereocenters. The van der Waals surface area contributed by atoms with Crippen LogP contribution in [-0.2, 0) is 9.59 Å². The third kappa shape index (κ3) is 2.16. The second kappa shape index (κ2) is 4.20. The molecule has 0 radical (unpaired) electrons. The molecule has 0 spiro atoms. The van der Waals surface area contributed by atoms with Gasteiger partial charge in [0.2, 0.25) is 0 Å². The molecule has 0 bridgehead atoms. The average Bonchev–Trinajstić information content (AvgIpc) is 2.27. The first-order valence-corrected chi connectivity index (χ1v) is 5.65. The minimum atomic E-state index is -0.557. The zero-order valence-electron chi connectivity index (χ0n) is 10.3. The molecule has 2 N–H and O–H groups in total. The number of nitrogens with one attached hydrogen (secondary N) is 2. The van der Waals surface area contributed by atoms with E-state index >= 15 is 0 Å². The van der Waals surface area contributed by atoms with E-state index in [1.165, 1.54) is 11.1 Å². The van der Waals surface area contributed by atoms with Gasteiger partial charge >= 0.3 is 11.8 Å². The molecule has 1 aliphatic heterocycles. The van der Waals surface area contributed by atoms with Gasteiger partial charge in [0, 0.05) is 6.54 Å². The van der Waals surface area contributed by atoms with Crippen molar-refractivity contribution in [2.75, 3.05) is 6.54 Å². The molecule has 1 aromatic carbocycles. The summed E-state index contributed by atoms with van der Waals surface area (Å²) in [4.78, 5) is 22.4. The van der Waals surface area contributed by atoms with Crippen LogP contribution in [-0.4, -0.2) is 18.4 Å². The van der Waals surface area contributed by atoms with Crippen LogP contribution in [0.25, 0.3) is 0 Å². The van der Waals surface area contributed by atoms with Crippen molar-refractivity contribution in [2.24, 2.45) is 0 Å². The quantitative estimate of drug-likeness (QED) is 0.707. The first-order chi connectivity index (χ1) is 7.99. The molecule has 17 heavy (non-hydrogen) atoms. The average molecular weight is 232 g/mol. The molecule has 1 aromatic rings. The number of hydrogen-bond donors (Lipinski definition) is 2. The first-order valence-electron chi connectivity index (χ1n) is 5.65.